The number of hydrogen-bond donors (Lipinski definition) is 0. The van der Waals surface area contributed by atoms with E-state index in [1.54, 1.807) is 0 Å². The highest BCUT2D eigenvalue weighted by molar-refractivity contribution is 7.16. The maximum absolute atomic E-state index is 11.6. The first kappa shape index (κ1) is 12.3. The average Bonchev–Trinajstić information content (AvgIpc) is 2.57. The summed E-state index contributed by atoms with van der Waals surface area (Å²) in [5, 5.41) is 0.680. The minimum atomic E-state index is -0.108. The summed E-state index contributed by atoms with van der Waals surface area (Å²) in [4.78, 5) is 16.4. The van der Waals surface area contributed by atoms with Gasteiger partial charge in [0, 0.05) is 13.0 Å². The van der Waals surface area contributed by atoms with E-state index in [0.29, 0.717) is 9.82 Å². The smallest absolute Gasteiger partial charge is 0.250 e. The summed E-state index contributed by atoms with van der Waals surface area (Å²) >= 11 is 7.61. The Balaban J connectivity index is 2.69. The quantitative estimate of drug-likeness (QED) is 0.783. The fourth-order valence-electron chi connectivity index (χ4n) is 1.49. The molecule has 0 fully saturated rings. The first-order valence-electron chi connectivity index (χ1n) is 5.33. The molecule has 2 rings (SSSR count). The van der Waals surface area contributed by atoms with E-state index in [1.807, 2.05) is 43.7 Å². The van der Waals surface area contributed by atoms with Gasteiger partial charge in [0.1, 0.15) is 0 Å². The fraction of sp³-hybridized carbons (Fsp3) is 0.333. The summed E-state index contributed by atoms with van der Waals surface area (Å²) in [6, 6.07) is 5.71. The number of rotatable bonds is 1. The van der Waals surface area contributed by atoms with Crippen molar-refractivity contribution in [3.05, 3.63) is 28.0 Å². The van der Waals surface area contributed by atoms with Crippen molar-refractivity contribution >= 4 is 39.1 Å². The van der Waals surface area contributed by atoms with Gasteiger partial charge in [0.25, 0.3) is 5.91 Å². The van der Waals surface area contributed by atoms with Crippen LogP contribution in [0.3, 0.4) is 0 Å². The van der Waals surface area contributed by atoms with Gasteiger partial charge in [-0.25, -0.2) is 0 Å². The lowest BCUT2D eigenvalue weighted by molar-refractivity contribution is -0.120. The summed E-state index contributed by atoms with van der Waals surface area (Å²) in [7, 11) is 1.87. The van der Waals surface area contributed by atoms with Crippen LogP contribution < -0.4 is 4.80 Å². The van der Waals surface area contributed by atoms with Crippen molar-refractivity contribution in [3.8, 4) is 0 Å². The second-order valence-corrected chi connectivity index (χ2v) is 5.55. The van der Waals surface area contributed by atoms with Gasteiger partial charge in [0.15, 0.2) is 4.80 Å². The van der Waals surface area contributed by atoms with Crippen LogP contribution in [0.1, 0.15) is 13.8 Å². The molecule has 5 heteroatoms. The number of benzene rings is 1. The molecule has 1 aromatic heterocycles. The molecule has 0 saturated heterocycles. The summed E-state index contributed by atoms with van der Waals surface area (Å²) < 4.78 is 2.90. The Bertz CT molecular complexity index is 639. The van der Waals surface area contributed by atoms with Crippen molar-refractivity contribution in [1.29, 1.82) is 0 Å². The third-order valence-electron chi connectivity index (χ3n) is 2.47. The summed E-state index contributed by atoms with van der Waals surface area (Å²) in [6.07, 6.45) is 0. The number of aryl methyl sites for hydroxylation is 1. The predicted molar refractivity (Wildman–Crippen MR) is 71.2 cm³/mol. The lowest BCUT2D eigenvalue weighted by atomic mass is 10.2. The van der Waals surface area contributed by atoms with Crippen LogP contribution >= 0.6 is 22.9 Å². The Morgan fingerprint density at radius 1 is 1.47 bits per heavy atom. The number of nitrogens with zero attached hydrogens (tertiary/aromatic N) is 2. The largest absolute Gasteiger partial charge is 0.318 e. The van der Waals surface area contributed by atoms with Gasteiger partial charge in [0.05, 0.1) is 15.2 Å². The summed E-state index contributed by atoms with van der Waals surface area (Å²) in [6.45, 7) is 3.68. The van der Waals surface area contributed by atoms with Gasteiger partial charge in [-0.3, -0.25) is 4.79 Å². The van der Waals surface area contributed by atoms with Gasteiger partial charge < -0.3 is 4.57 Å². The maximum Gasteiger partial charge on any atom is 0.250 e. The second-order valence-electron chi connectivity index (χ2n) is 4.13. The molecule has 17 heavy (non-hydrogen) atoms. The van der Waals surface area contributed by atoms with Crippen LogP contribution in [-0.4, -0.2) is 10.5 Å². The Kier molecular flexibility index (Phi) is 3.35. The minimum absolute atomic E-state index is 0.0873. The van der Waals surface area contributed by atoms with E-state index >= 15 is 0 Å². The van der Waals surface area contributed by atoms with E-state index in [9.17, 15) is 4.79 Å². The van der Waals surface area contributed by atoms with Gasteiger partial charge in [-0.15, -0.1) is 0 Å². The predicted octanol–water partition coefficient (Wildman–Crippen LogP) is 2.98. The molecule has 0 unspecified atom stereocenters. The number of halogens is 1. The third-order valence-corrected chi connectivity index (χ3v) is 3.88. The van der Waals surface area contributed by atoms with Gasteiger partial charge in [0.2, 0.25) is 0 Å². The van der Waals surface area contributed by atoms with E-state index in [2.05, 4.69) is 4.99 Å². The molecule has 1 amide bonds. The number of aromatic nitrogens is 1. The zero-order valence-electron chi connectivity index (χ0n) is 9.90. The van der Waals surface area contributed by atoms with Crippen LogP contribution in [0.15, 0.2) is 23.2 Å². The van der Waals surface area contributed by atoms with Crippen molar-refractivity contribution in [2.45, 2.75) is 13.8 Å². The monoisotopic (exact) mass is 268 g/mol. The molecule has 0 atom stereocenters. The first-order valence-corrected chi connectivity index (χ1v) is 6.52. The fourth-order valence-corrected chi connectivity index (χ4v) is 2.90. The van der Waals surface area contributed by atoms with Crippen molar-refractivity contribution in [1.82, 2.24) is 4.57 Å². The van der Waals surface area contributed by atoms with Gasteiger partial charge >= 0.3 is 0 Å². The SMILES string of the molecule is CC(C)C(=O)N=c1sc2cccc(Cl)c2n1C. The Hall–Kier alpha value is -1.13. The van der Waals surface area contributed by atoms with Crippen LogP contribution in [0.5, 0.6) is 0 Å². The second kappa shape index (κ2) is 4.63. The number of carbonyl (C=O) groups excluding carboxylic acids is 1. The maximum atomic E-state index is 11.6. The Morgan fingerprint density at radius 3 is 2.76 bits per heavy atom. The molecule has 3 nitrogen and oxygen atoms in total. The first-order chi connectivity index (χ1) is 8.00. The molecule has 0 aliphatic heterocycles. The molecule has 0 saturated carbocycles. The molecule has 1 heterocycles. The minimum Gasteiger partial charge on any atom is -0.318 e. The van der Waals surface area contributed by atoms with Crippen molar-refractivity contribution in [2.75, 3.05) is 0 Å². The van der Waals surface area contributed by atoms with Gasteiger partial charge in [-0.2, -0.15) is 4.99 Å². The van der Waals surface area contributed by atoms with Crippen molar-refractivity contribution in [2.24, 2.45) is 18.0 Å². The highest BCUT2D eigenvalue weighted by atomic mass is 35.5. The number of hydrogen-bond acceptors (Lipinski definition) is 2. The van der Waals surface area contributed by atoms with E-state index in [4.69, 9.17) is 11.6 Å². The molecule has 0 bridgehead atoms. The zero-order valence-corrected chi connectivity index (χ0v) is 11.5. The Labute approximate surface area is 108 Å². The summed E-state index contributed by atoms with van der Waals surface area (Å²) in [5.41, 5.74) is 0.925. The third kappa shape index (κ3) is 2.28. The molecule has 2 aromatic rings. The Morgan fingerprint density at radius 2 is 2.18 bits per heavy atom. The molecule has 0 aliphatic carbocycles. The number of para-hydroxylation sites is 1. The van der Waals surface area contributed by atoms with Crippen LogP contribution in [0, 0.1) is 5.92 Å². The number of thiazole rings is 1. The molecular weight excluding hydrogens is 256 g/mol. The van der Waals surface area contributed by atoms with Crippen molar-refractivity contribution in [3.63, 3.8) is 0 Å². The van der Waals surface area contributed by atoms with Crippen LogP contribution in [-0.2, 0) is 11.8 Å². The zero-order chi connectivity index (χ0) is 12.6. The number of carbonyl (C=O) groups is 1. The topological polar surface area (TPSA) is 34.4 Å². The van der Waals surface area contributed by atoms with Gasteiger partial charge in [-0.1, -0.05) is 42.9 Å². The molecular formula is C12H13ClN2OS. The highest BCUT2D eigenvalue weighted by Crippen LogP contribution is 2.24. The summed E-state index contributed by atoms with van der Waals surface area (Å²) in [5.74, 6) is -0.195. The molecule has 0 spiro atoms. The lowest BCUT2D eigenvalue weighted by Crippen LogP contribution is -2.15. The van der Waals surface area contributed by atoms with Crippen molar-refractivity contribution < 1.29 is 4.79 Å². The molecule has 1 aromatic carbocycles. The number of fused-ring (bicyclic) bond motifs is 1. The molecule has 0 N–H and O–H groups in total. The molecule has 0 radical (unpaired) electrons. The highest BCUT2D eigenvalue weighted by Gasteiger charge is 2.09. The van der Waals surface area contributed by atoms with Crippen LogP contribution in [0.2, 0.25) is 5.02 Å². The van der Waals surface area contributed by atoms with E-state index in [0.717, 1.165) is 10.2 Å². The van der Waals surface area contributed by atoms with Crippen LogP contribution in [0.4, 0.5) is 0 Å². The van der Waals surface area contributed by atoms with E-state index < -0.39 is 0 Å². The van der Waals surface area contributed by atoms with E-state index in [-0.39, 0.29) is 11.8 Å². The van der Waals surface area contributed by atoms with Crippen LogP contribution in [0.25, 0.3) is 10.2 Å². The normalized spacial score (nSPS) is 12.6. The van der Waals surface area contributed by atoms with E-state index in [1.165, 1.54) is 11.3 Å². The molecule has 0 aliphatic rings. The standard InChI is InChI=1S/C12H13ClN2OS/c1-7(2)11(16)14-12-15(3)10-8(13)5-4-6-9(10)17-12/h4-7H,1-3H3. The lowest BCUT2D eigenvalue weighted by Gasteiger charge is -1.98. The average molecular weight is 269 g/mol. The van der Waals surface area contributed by atoms with Gasteiger partial charge in [-0.05, 0) is 12.1 Å². The molecule has 90 valence electrons. The number of amides is 1.